The molecule has 208 valence electrons. The molecule has 5 unspecified atom stereocenters. The number of urea groups is 1. The fourth-order valence-corrected chi connectivity index (χ4v) is 5.25. The summed E-state index contributed by atoms with van der Waals surface area (Å²) in [6.07, 6.45) is 2.35. The first-order chi connectivity index (χ1) is 17.1. The van der Waals surface area contributed by atoms with Crippen molar-refractivity contribution in [2.24, 2.45) is 23.2 Å². The van der Waals surface area contributed by atoms with Crippen molar-refractivity contribution < 1.29 is 24.0 Å². The SMILES string of the molecule is C=CCNC(=O)C(=O)C(CCC)NC(=O)C1C2C(CN1C(=O)C(NC(=O)NC(C)(C)C)C(C)C)C2(C)C. The van der Waals surface area contributed by atoms with Gasteiger partial charge in [0.15, 0.2) is 0 Å². The molecule has 5 amide bonds. The molecule has 10 nitrogen and oxygen atoms in total. The summed E-state index contributed by atoms with van der Waals surface area (Å²) in [5.74, 6) is -2.42. The zero-order valence-corrected chi connectivity index (χ0v) is 23.6. The summed E-state index contributed by atoms with van der Waals surface area (Å²) in [5, 5.41) is 10.8. The van der Waals surface area contributed by atoms with Crippen LogP contribution in [0.4, 0.5) is 4.79 Å². The molecule has 1 aliphatic carbocycles. The van der Waals surface area contributed by atoms with Gasteiger partial charge in [-0.2, -0.15) is 0 Å². The summed E-state index contributed by atoms with van der Waals surface area (Å²) in [5.41, 5.74) is -0.607. The smallest absolute Gasteiger partial charge is 0.315 e. The highest BCUT2D eigenvalue weighted by Crippen LogP contribution is 2.64. The molecule has 37 heavy (non-hydrogen) atoms. The van der Waals surface area contributed by atoms with Gasteiger partial charge in [0.1, 0.15) is 12.1 Å². The average Bonchev–Trinajstić information content (AvgIpc) is 3.11. The van der Waals surface area contributed by atoms with Gasteiger partial charge >= 0.3 is 6.03 Å². The predicted octanol–water partition coefficient (Wildman–Crippen LogP) is 1.75. The normalized spacial score (nSPS) is 23.4. The van der Waals surface area contributed by atoms with Gasteiger partial charge in [0.25, 0.3) is 5.91 Å². The van der Waals surface area contributed by atoms with Crippen LogP contribution in [0.25, 0.3) is 0 Å². The fraction of sp³-hybridized carbons (Fsp3) is 0.741. The molecule has 1 saturated heterocycles. The molecule has 2 aliphatic rings. The molecule has 0 aromatic rings. The van der Waals surface area contributed by atoms with E-state index < -0.39 is 47.3 Å². The Kier molecular flexibility index (Phi) is 9.54. The van der Waals surface area contributed by atoms with E-state index in [9.17, 15) is 24.0 Å². The molecular formula is C27H45N5O5. The van der Waals surface area contributed by atoms with E-state index in [1.165, 1.54) is 6.08 Å². The lowest BCUT2D eigenvalue weighted by atomic mass is 9.96. The zero-order valence-electron chi connectivity index (χ0n) is 23.6. The van der Waals surface area contributed by atoms with Gasteiger partial charge in [-0.25, -0.2) is 4.79 Å². The number of ketones is 1. The number of nitrogens with one attached hydrogen (secondary N) is 4. The second-order valence-corrected chi connectivity index (χ2v) is 12.2. The highest BCUT2D eigenvalue weighted by Gasteiger charge is 2.69. The summed E-state index contributed by atoms with van der Waals surface area (Å²) in [6, 6.07) is -3.05. The second-order valence-electron chi connectivity index (χ2n) is 12.2. The van der Waals surface area contributed by atoms with Crippen molar-refractivity contribution in [1.29, 1.82) is 0 Å². The first-order valence-corrected chi connectivity index (χ1v) is 13.2. The van der Waals surface area contributed by atoms with E-state index in [-0.39, 0.29) is 35.6 Å². The number of Topliss-reactive ketones (excluding diaryl/α,β-unsaturated/α-hetero) is 1. The fourth-order valence-electron chi connectivity index (χ4n) is 5.25. The van der Waals surface area contributed by atoms with Crippen molar-refractivity contribution >= 4 is 29.5 Å². The molecule has 2 rings (SSSR count). The number of carbonyl (C=O) groups is 5. The van der Waals surface area contributed by atoms with Gasteiger partial charge in [0, 0.05) is 18.6 Å². The molecule has 1 aliphatic heterocycles. The van der Waals surface area contributed by atoms with E-state index in [2.05, 4.69) is 41.7 Å². The number of hydrogen-bond acceptors (Lipinski definition) is 5. The van der Waals surface area contributed by atoms with Gasteiger partial charge in [0.2, 0.25) is 17.6 Å². The largest absolute Gasteiger partial charge is 0.346 e. The minimum atomic E-state index is -0.989. The van der Waals surface area contributed by atoms with Crippen molar-refractivity contribution in [1.82, 2.24) is 26.2 Å². The number of nitrogens with zero attached hydrogens (tertiary/aromatic N) is 1. The maximum atomic E-state index is 13.7. The summed E-state index contributed by atoms with van der Waals surface area (Å²) < 4.78 is 0. The first-order valence-electron chi connectivity index (χ1n) is 13.2. The third kappa shape index (κ3) is 7.11. The van der Waals surface area contributed by atoms with E-state index >= 15 is 0 Å². The van der Waals surface area contributed by atoms with E-state index in [1.807, 2.05) is 41.5 Å². The lowest BCUT2D eigenvalue weighted by Crippen LogP contribution is -2.60. The molecule has 4 N–H and O–H groups in total. The van der Waals surface area contributed by atoms with Crippen LogP contribution in [-0.2, 0) is 19.2 Å². The molecular weight excluding hydrogens is 474 g/mol. The minimum absolute atomic E-state index is 0.0698. The monoisotopic (exact) mass is 519 g/mol. The lowest BCUT2D eigenvalue weighted by molar-refractivity contribution is -0.144. The molecule has 10 heteroatoms. The predicted molar refractivity (Wildman–Crippen MR) is 141 cm³/mol. The van der Waals surface area contributed by atoms with Crippen molar-refractivity contribution in [2.45, 2.75) is 91.9 Å². The molecule has 0 aromatic heterocycles. The van der Waals surface area contributed by atoms with Crippen molar-refractivity contribution in [3.05, 3.63) is 12.7 Å². The van der Waals surface area contributed by atoms with Gasteiger partial charge in [-0.05, 0) is 50.4 Å². The van der Waals surface area contributed by atoms with Gasteiger partial charge < -0.3 is 26.2 Å². The van der Waals surface area contributed by atoms with Gasteiger partial charge in [0.05, 0.1) is 6.04 Å². The molecule has 5 atom stereocenters. The molecule has 0 spiro atoms. The first kappa shape index (κ1) is 30.3. The quantitative estimate of drug-likeness (QED) is 0.244. The van der Waals surface area contributed by atoms with E-state index in [0.717, 1.165) is 0 Å². The Balaban J connectivity index is 2.25. The maximum absolute atomic E-state index is 13.7. The highest BCUT2D eigenvalue weighted by molar-refractivity contribution is 6.38. The van der Waals surface area contributed by atoms with Crippen LogP contribution in [0.15, 0.2) is 12.7 Å². The van der Waals surface area contributed by atoms with Crippen molar-refractivity contribution in [2.75, 3.05) is 13.1 Å². The Morgan fingerprint density at radius 2 is 1.73 bits per heavy atom. The Labute approximate surface area is 220 Å². The summed E-state index contributed by atoms with van der Waals surface area (Å²) in [6.45, 7) is 19.3. The van der Waals surface area contributed by atoms with Gasteiger partial charge in [-0.15, -0.1) is 6.58 Å². The van der Waals surface area contributed by atoms with Crippen LogP contribution < -0.4 is 21.3 Å². The molecule has 1 saturated carbocycles. The number of fused-ring (bicyclic) bond motifs is 1. The third-order valence-electron chi connectivity index (χ3n) is 7.31. The van der Waals surface area contributed by atoms with Crippen LogP contribution in [0.1, 0.15) is 68.2 Å². The van der Waals surface area contributed by atoms with Gasteiger partial charge in [-0.3, -0.25) is 19.2 Å². The standard InChI is InChI=1S/C27H45N5O5/c1-10-12-17(21(33)23(35)28-13-11-2)29-22(34)20-18-16(27(18,8)9)14-32(20)24(36)19(15(3)4)30-25(37)31-26(5,6)7/h11,15-20H,2,10,12-14H2,1,3-9H3,(H,28,35)(H,29,34)(H2,30,31,37). The van der Waals surface area contributed by atoms with E-state index in [0.29, 0.717) is 19.4 Å². The van der Waals surface area contributed by atoms with Crippen LogP contribution in [0, 0.1) is 23.2 Å². The molecule has 1 heterocycles. The highest BCUT2D eigenvalue weighted by atomic mass is 16.2. The number of hydrogen-bond donors (Lipinski definition) is 4. The molecule has 0 aromatic carbocycles. The Bertz CT molecular complexity index is 923. The summed E-state index contributed by atoms with van der Waals surface area (Å²) in [7, 11) is 0. The topological polar surface area (TPSA) is 137 Å². The minimum Gasteiger partial charge on any atom is -0.346 e. The maximum Gasteiger partial charge on any atom is 0.315 e. The van der Waals surface area contributed by atoms with Crippen LogP contribution in [0.2, 0.25) is 0 Å². The van der Waals surface area contributed by atoms with Crippen LogP contribution >= 0.6 is 0 Å². The van der Waals surface area contributed by atoms with Crippen LogP contribution in [0.3, 0.4) is 0 Å². The number of rotatable bonds is 11. The van der Waals surface area contributed by atoms with Crippen molar-refractivity contribution in [3.8, 4) is 0 Å². The average molecular weight is 520 g/mol. The third-order valence-corrected chi connectivity index (χ3v) is 7.31. The van der Waals surface area contributed by atoms with Crippen LogP contribution in [0.5, 0.6) is 0 Å². The summed E-state index contributed by atoms with van der Waals surface area (Å²) in [4.78, 5) is 66.5. The van der Waals surface area contributed by atoms with Crippen LogP contribution in [-0.4, -0.2) is 71.2 Å². The Morgan fingerprint density at radius 3 is 2.24 bits per heavy atom. The number of likely N-dealkylation sites (tertiary alicyclic amines) is 1. The second kappa shape index (κ2) is 11.6. The Hall–Kier alpha value is -2.91. The lowest BCUT2D eigenvalue weighted by Gasteiger charge is -2.35. The van der Waals surface area contributed by atoms with E-state index in [4.69, 9.17) is 0 Å². The molecule has 0 bridgehead atoms. The molecule has 0 radical (unpaired) electrons. The summed E-state index contributed by atoms with van der Waals surface area (Å²) >= 11 is 0. The number of amides is 5. The number of piperidine rings is 1. The van der Waals surface area contributed by atoms with E-state index in [1.54, 1.807) is 4.90 Å². The zero-order chi connectivity index (χ0) is 28.3. The number of carbonyl (C=O) groups excluding carboxylic acids is 5. The Morgan fingerprint density at radius 1 is 1.11 bits per heavy atom. The van der Waals surface area contributed by atoms with Gasteiger partial charge in [-0.1, -0.05) is 47.1 Å². The van der Waals surface area contributed by atoms with Crippen molar-refractivity contribution in [3.63, 3.8) is 0 Å². The molecule has 2 fully saturated rings.